The van der Waals surface area contributed by atoms with E-state index in [4.69, 9.17) is 5.73 Å². The van der Waals surface area contributed by atoms with E-state index in [1.165, 1.54) is 11.3 Å². The van der Waals surface area contributed by atoms with Gasteiger partial charge in [-0.25, -0.2) is 4.98 Å². The number of anilines is 1. The van der Waals surface area contributed by atoms with Crippen LogP contribution in [0.1, 0.15) is 26.5 Å². The van der Waals surface area contributed by atoms with Gasteiger partial charge in [0, 0.05) is 18.0 Å². The van der Waals surface area contributed by atoms with E-state index in [0.717, 1.165) is 25.3 Å². The lowest BCUT2D eigenvalue weighted by molar-refractivity contribution is -0.121. The zero-order valence-electron chi connectivity index (χ0n) is 11.3. The average molecular weight is 270 g/mol. The van der Waals surface area contributed by atoms with E-state index < -0.39 is 0 Å². The van der Waals surface area contributed by atoms with Crippen molar-refractivity contribution >= 4 is 22.4 Å². The molecule has 0 aliphatic rings. The number of hydrogen-bond acceptors (Lipinski definition) is 5. The third-order valence-electron chi connectivity index (χ3n) is 2.75. The van der Waals surface area contributed by atoms with E-state index in [1.54, 1.807) is 0 Å². The molecule has 0 saturated heterocycles. The van der Waals surface area contributed by atoms with Crippen molar-refractivity contribution in [1.29, 1.82) is 0 Å². The molecule has 3 N–H and O–H groups in total. The van der Waals surface area contributed by atoms with E-state index in [0.29, 0.717) is 11.6 Å². The summed E-state index contributed by atoms with van der Waals surface area (Å²) in [6, 6.07) is 0.147. The van der Waals surface area contributed by atoms with Crippen LogP contribution in [0.15, 0.2) is 5.38 Å². The van der Waals surface area contributed by atoms with Gasteiger partial charge in [0.1, 0.15) is 0 Å². The molecule has 1 aromatic rings. The molecule has 5 nitrogen and oxygen atoms in total. The number of carbonyl (C=O) groups excluding carboxylic acids is 1. The van der Waals surface area contributed by atoms with Gasteiger partial charge in [-0.2, -0.15) is 0 Å². The predicted molar refractivity (Wildman–Crippen MR) is 75.6 cm³/mol. The molecule has 102 valence electrons. The van der Waals surface area contributed by atoms with E-state index in [2.05, 4.69) is 29.0 Å². The van der Waals surface area contributed by atoms with Gasteiger partial charge in [0.05, 0.1) is 12.1 Å². The number of nitrogen functional groups attached to an aromatic ring is 1. The Balaban J connectivity index is 2.35. The first-order chi connectivity index (χ1) is 8.55. The van der Waals surface area contributed by atoms with Crippen molar-refractivity contribution in [3.63, 3.8) is 0 Å². The highest BCUT2D eigenvalue weighted by atomic mass is 32.1. The second kappa shape index (κ2) is 7.33. The predicted octanol–water partition coefficient (Wildman–Crippen LogP) is 1.11. The van der Waals surface area contributed by atoms with Crippen LogP contribution >= 0.6 is 11.3 Å². The molecule has 1 aromatic heterocycles. The van der Waals surface area contributed by atoms with Gasteiger partial charge in [-0.05, 0) is 20.0 Å². The van der Waals surface area contributed by atoms with E-state index >= 15 is 0 Å². The van der Waals surface area contributed by atoms with Gasteiger partial charge >= 0.3 is 0 Å². The summed E-state index contributed by atoms with van der Waals surface area (Å²) in [5, 5.41) is 5.31. The second-order valence-corrected chi connectivity index (χ2v) is 5.20. The van der Waals surface area contributed by atoms with Crippen molar-refractivity contribution in [3.05, 3.63) is 11.1 Å². The Morgan fingerprint density at radius 1 is 1.56 bits per heavy atom. The fourth-order valence-electron chi connectivity index (χ4n) is 1.81. The molecule has 1 rings (SSSR count). The van der Waals surface area contributed by atoms with Crippen LogP contribution in [-0.2, 0) is 11.2 Å². The Morgan fingerprint density at radius 3 is 2.72 bits per heavy atom. The first-order valence-electron chi connectivity index (χ1n) is 6.26. The van der Waals surface area contributed by atoms with Crippen LogP contribution in [0, 0.1) is 0 Å². The van der Waals surface area contributed by atoms with Crippen molar-refractivity contribution < 1.29 is 4.79 Å². The van der Waals surface area contributed by atoms with Crippen LogP contribution in [0.3, 0.4) is 0 Å². The molecular formula is C12H22N4OS. The van der Waals surface area contributed by atoms with Gasteiger partial charge in [-0.15, -0.1) is 11.3 Å². The molecule has 0 aromatic carbocycles. The molecule has 0 aliphatic heterocycles. The van der Waals surface area contributed by atoms with E-state index in [-0.39, 0.29) is 11.9 Å². The lowest BCUT2D eigenvalue weighted by Crippen LogP contribution is -2.42. The maximum Gasteiger partial charge on any atom is 0.226 e. The normalized spacial score (nSPS) is 12.7. The number of hydrogen-bond donors (Lipinski definition) is 2. The quantitative estimate of drug-likeness (QED) is 0.779. The van der Waals surface area contributed by atoms with Gasteiger partial charge in [0.2, 0.25) is 5.91 Å². The maximum absolute atomic E-state index is 11.8. The lowest BCUT2D eigenvalue weighted by Gasteiger charge is -2.23. The number of likely N-dealkylation sites (N-methyl/N-ethyl adjacent to an activating group) is 1. The zero-order valence-corrected chi connectivity index (χ0v) is 12.1. The summed E-state index contributed by atoms with van der Waals surface area (Å²) < 4.78 is 0. The minimum atomic E-state index is -0.0000406. The molecule has 1 atom stereocenters. The number of nitrogens with two attached hydrogens (primary N) is 1. The molecule has 0 bridgehead atoms. The molecule has 1 heterocycles. The van der Waals surface area contributed by atoms with Crippen molar-refractivity contribution in [2.75, 3.05) is 25.4 Å². The maximum atomic E-state index is 11.8. The topological polar surface area (TPSA) is 71.2 Å². The van der Waals surface area contributed by atoms with Crippen molar-refractivity contribution in [3.8, 4) is 0 Å². The number of rotatable bonds is 7. The molecular weight excluding hydrogens is 248 g/mol. The summed E-state index contributed by atoms with van der Waals surface area (Å²) in [5.74, 6) is -0.0000406. The Bertz CT molecular complexity index is 376. The van der Waals surface area contributed by atoms with Crippen LogP contribution in [-0.4, -0.2) is 41.5 Å². The SMILES string of the molecule is CCN(CC)CC(C)NC(=O)Cc1csc(N)n1. The highest BCUT2D eigenvalue weighted by Crippen LogP contribution is 2.11. The number of thiazole rings is 1. The van der Waals surface area contributed by atoms with Crippen LogP contribution in [0.5, 0.6) is 0 Å². The fourth-order valence-corrected chi connectivity index (χ4v) is 2.37. The summed E-state index contributed by atoms with van der Waals surface area (Å²) in [6.45, 7) is 9.13. The Hall–Kier alpha value is -1.14. The molecule has 6 heteroatoms. The second-order valence-electron chi connectivity index (χ2n) is 4.31. The summed E-state index contributed by atoms with van der Waals surface area (Å²) in [4.78, 5) is 18.1. The fraction of sp³-hybridized carbons (Fsp3) is 0.667. The summed E-state index contributed by atoms with van der Waals surface area (Å²) >= 11 is 1.36. The summed E-state index contributed by atoms with van der Waals surface area (Å²) in [6.07, 6.45) is 0.302. The number of carbonyl (C=O) groups is 1. The first kappa shape index (κ1) is 14.9. The van der Waals surface area contributed by atoms with Crippen molar-refractivity contribution in [2.45, 2.75) is 33.2 Å². The molecule has 0 saturated carbocycles. The number of aromatic nitrogens is 1. The molecule has 18 heavy (non-hydrogen) atoms. The number of amides is 1. The van der Waals surface area contributed by atoms with Crippen molar-refractivity contribution in [1.82, 2.24) is 15.2 Å². The monoisotopic (exact) mass is 270 g/mol. The van der Waals surface area contributed by atoms with Crippen molar-refractivity contribution in [2.24, 2.45) is 0 Å². The Kier molecular flexibility index (Phi) is 6.07. The smallest absolute Gasteiger partial charge is 0.226 e. The van der Waals surface area contributed by atoms with Gasteiger partial charge in [0.15, 0.2) is 5.13 Å². The van der Waals surface area contributed by atoms with Gasteiger partial charge in [-0.1, -0.05) is 13.8 Å². The van der Waals surface area contributed by atoms with Gasteiger partial charge in [0.25, 0.3) is 0 Å². The van der Waals surface area contributed by atoms with Crippen LogP contribution in [0.25, 0.3) is 0 Å². The molecule has 0 aliphatic carbocycles. The first-order valence-corrected chi connectivity index (χ1v) is 7.14. The zero-order chi connectivity index (χ0) is 13.5. The molecule has 0 spiro atoms. The van der Waals surface area contributed by atoms with Gasteiger partial charge < -0.3 is 16.0 Å². The number of nitrogens with one attached hydrogen (secondary N) is 1. The van der Waals surface area contributed by atoms with Crippen LogP contribution < -0.4 is 11.1 Å². The standard InChI is InChI=1S/C12H22N4OS/c1-4-16(5-2)7-9(3)14-11(17)6-10-8-18-12(13)15-10/h8-9H,4-7H2,1-3H3,(H2,13,15)(H,14,17). The highest BCUT2D eigenvalue weighted by molar-refractivity contribution is 7.13. The third-order valence-corrected chi connectivity index (χ3v) is 3.47. The average Bonchev–Trinajstić information content (AvgIpc) is 2.71. The minimum Gasteiger partial charge on any atom is -0.375 e. The van der Waals surface area contributed by atoms with Gasteiger partial charge in [-0.3, -0.25) is 4.79 Å². The van der Waals surface area contributed by atoms with E-state index in [1.807, 2.05) is 12.3 Å². The third kappa shape index (κ3) is 5.01. The van der Waals surface area contributed by atoms with Crippen LogP contribution in [0.2, 0.25) is 0 Å². The molecule has 1 amide bonds. The number of nitrogens with zero attached hydrogens (tertiary/aromatic N) is 2. The van der Waals surface area contributed by atoms with E-state index in [9.17, 15) is 4.79 Å². The molecule has 0 fully saturated rings. The Morgan fingerprint density at radius 2 is 2.22 bits per heavy atom. The summed E-state index contributed by atoms with van der Waals surface area (Å²) in [5.41, 5.74) is 6.27. The summed E-state index contributed by atoms with van der Waals surface area (Å²) in [7, 11) is 0. The largest absolute Gasteiger partial charge is 0.375 e. The molecule has 0 radical (unpaired) electrons. The minimum absolute atomic E-state index is 0.0000406. The Labute approximate surface area is 112 Å². The highest BCUT2D eigenvalue weighted by Gasteiger charge is 2.12. The molecule has 1 unspecified atom stereocenters. The van der Waals surface area contributed by atoms with Crippen LogP contribution in [0.4, 0.5) is 5.13 Å². The lowest BCUT2D eigenvalue weighted by atomic mass is 10.2.